The van der Waals surface area contributed by atoms with Crippen LogP contribution >= 0.6 is 0 Å². The predicted molar refractivity (Wildman–Crippen MR) is 125 cm³/mol. The van der Waals surface area contributed by atoms with Crippen LogP contribution in [0, 0.1) is 13.8 Å². The molecule has 1 fully saturated rings. The number of rotatable bonds is 9. The maximum absolute atomic E-state index is 13.0. The molecule has 1 N–H and O–H groups in total. The van der Waals surface area contributed by atoms with Gasteiger partial charge in [0, 0.05) is 18.8 Å². The number of aryl methyl sites for hydroxylation is 2. The van der Waals surface area contributed by atoms with Crippen LogP contribution in [0.25, 0.3) is 0 Å². The monoisotopic (exact) mass is 474 g/mol. The van der Waals surface area contributed by atoms with E-state index in [-0.39, 0.29) is 17.9 Å². The standard InChI is InChI=1S/C24H30N2O6S/c1-18-8-4-5-9-21(18)31-15-12-24(28)32-17-23(27)25-20-11-10-19(2)22(16-20)33(29,30)26-13-6-3-7-14-26/h4-5,8-11,16H,3,6-7,12-15,17H2,1-2H3,(H,25,27). The van der Waals surface area contributed by atoms with Crippen molar-refractivity contribution in [2.75, 3.05) is 31.6 Å². The molecule has 2 aromatic rings. The molecule has 33 heavy (non-hydrogen) atoms. The molecule has 1 aliphatic rings. The number of benzene rings is 2. The van der Waals surface area contributed by atoms with Crippen LogP contribution in [0.4, 0.5) is 5.69 Å². The minimum Gasteiger partial charge on any atom is -0.493 e. The number of amides is 1. The minimum atomic E-state index is -3.63. The van der Waals surface area contributed by atoms with Crippen molar-refractivity contribution in [3.63, 3.8) is 0 Å². The van der Waals surface area contributed by atoms with E-state index >= 15 is 0 Å². The van der Waals surface area contributed by atoms with Crippen LogP contribution in [-0.4, -0.2) is 50.9 Å². The molecule has 1 amide bonds. The summed E-state index contributed by atoms with van der Waals surface area (Å²) < 4.78 is 38.1. The average Bonchev–Trinajstić information content (AvgIpc) is 2.81. The van der Waals surface area contributed by atoms with Crippen molar-refractivity contribution in [1.82, 2.24) is 4.31 Å². The van der Waals surface area contributed by atoms with Gasteiger partial charge in [0.25, 0.3) is 5.91 Å². The number of esters is 1. The van der Waals surface area contributed by atoms with E-state index in [2.05, 4.69) is 5.32 Å². The molecule has 0 spiro atoms. The molecule has 1 heterocycles. The molecule has 0 saturated carbocycles. The quantitative estimate of drug-likeness (QED) is 0.559. The van der Waals surface area contributed by atoms with Gasteiger partial charge < -0.3 is 14.8 Å². The van der Waals surface area contributed by atoms with Crippen LogP contribution in [0.3, 0.4) is 0 Å². The van der Waals surface area contributed by atoms with Gasteiger partial charge in [-0.2, -0.15) is 4.31 Å². The number of hydrogen-bond donors (Lipinski definition) is 1. The number of nitrogens with one attached hydrogen (secondary N) is 1. The van der Waals surface area contributed by atoms with Crippen molar-refractivity contribution in [3.05, 3.63) is 53.6 Å². The molecule has 0 bridgehead atoms. The summed E-state index contributed by atoms with van der Waals surface area (Å²) in [6.45, 7) is 4.31. The summed E-state index contributed by atoms with van der Waals surface area (Å²) in [7, 11) is -3.63. The minimum absolute atomic E-state index is 0.00434. The molecule has 0 atom stereocenters. The first-order chi connectivity index (χ1) is 15.8. The first-order valence-corrected chi connectivity index (χ1v) is 12.5. The zero-order valence-electron chi connectivity index (χ0n) is 19.0. The molecule has 3 rings (SSSR count). The van der Waals surface area contributed by atoms with E-state index in [0.29, 0.717) is 30.1 Å². The summed E-state index contributed by atoms with van der Waals surface area (Å²) in [6.07, 6.45) is 2.72. The Hall–Kier alpha value is -2.91. The molecule has 0 aromatic heterocycles. The molecule has 2 aromatic carbocycles. The van der Waals surface area contributed by atoms with Crippen molar-refractivity contribution >= 4 is 27.6 Å². The maximum Gasteiger partial charge on any atom is 0.309 e. The zero-order chi connectivity index (χ0) is 23.8. The molecule has 0 aliphatic carbocycles. The number of anilines is 1. The van der Waals surface area contributed by atoms with E-state index < -0.39 is 28.5 Å². The van der Waals surface area contributed by atoms with Gasteiger partial charge in [-0.05, 0) is 56.0 Å². The number of hydrogen-bond acceptors (Lipinski definition) is 6. The Morgan fingerprint density at radius 2 is 1.73 bits per heavy atom. The van der Waals surface area contributed by atoms with E-state index in [4.69, 9.17) is 9.47 Å². The highest BCUT2D eigenvalue weighted by Crippen LogP contribution is 2.26. The highest BCUT2D eigenvalue weighted by molar-refractivity contribution is 7.89. The highest BCUT2D eigenvalue weighted by Gasteiger charge is 2.27. The second-order valence-electron chi connectivity index (χ2n) is 8.02. The lowest BCUT2D eigenvalue weighted by Gasteiger charge is -2.26. The first-order valence-electron chi connectivity index (χ1n) is 11.0. The van der Waals surface area contributed by atoms with Gasteiger partial charge in [-0.3, -0.25) is 9.59 Å². The number of carbonyl (C=O) groups excluding carboxylic acids is 2. The fourth-order valence-electron chi connectivity index (χ4n) is 3.58. The molecular formula is C24H30N2O6S. The third kappa shape index (κ3) is 6.79. The topological polar surface area (TPSA) is 102 Å². The van der Waals surface area contributed by atoms with Crippen molar-refractivity contribution in [2.45, 2.75) is 44.4 Å². The Morgan fingerprint density at radius 3 is 2.45 bits per heavy atom. The normalized spacial score (nSPS) is 14.5. The van der Waals surface area contributed by atoms with E-state index in [0.717, 1.165) is 24.8 Å². The van der Waals surface area contributed by atoms with Crippen LogP contribution in [0.15, 0.2) is 47.4 Å². The van der Waals surface area contributed by atoms with Crippen molar-refractivity contribution in [2.24, 2.45) is 0 Å². The fraction of sp³-hybridized carbons (Fsp3) is 0.417. The Bertz CT molecular complexity index is 1090. The van der Waals surface area contributed by atoms with E-state index in [9.17, 15) is 18.0 Å². The van der Waals surface area contributed by atoms with Gasteiger partial charge in [0.1, 0.15) is 5.75 Å². The summed E-state index contributed by atoms with van der Waals surface area (Å²) >= 11 is 0. The SMILES string of the molecule is Cc1ccccc1OCCC(=O)OCC(=O)Nc1ccc(C)c(S(=O)(=O)N2CCCCC2)c1. The molecular weight excluding hydrogens is 444 g/mol. The third-order valence-electron chi connectivity index (χ3n) is 5.43. The smallest absolute Gasteiger partial charge is 0.309 e. The van der Waals surface area contributed by atoms with Crippen molar-refractivity contribution in [1.29, 1.82) is 0 Å². The number of sulfonamides is 1. The third-order valence-corrected chi connectivity index (χ3v) is 7.47. The Morgan fingerprint density at radius 1 is 1.00 bits per heavy atom. The summed E-state index contributed by atoms with van der Waals surface area (Å²) in [4.78, 5) is 24.3. The van der Waals surface area contributed by atoms with Gasteiger partial charge in [-0.25, -0.2) is 8.42 Å². The van der Waals surface area contributed by atoms with Gasteiger partial charge in [0.15, 0.2) is 6.61 Å². The molecule has 178 valence electrons. The number of para-hydroxylation sites is 1. The van der Waals surface area contributed by atoms with Crippen LogP contribution in [-0.2, 0) is 24.3 Å². The van der Waals surface area contributed by atoms with E-state index in [1.165, 1.54) is 10.4 Å². The van der Waals surface area contributed by atoms with Gasteiger partial charge >= 0.3 is 5.97 Å². The molecule has 1 saturated heterocycles. The molecule has 0 unspecified atom stereocenters. The summed E-state index contributed by atoms with van der Waals surface area (Å²) in [6, 6.07) is 12.2. The summed E-state index contributed by atoms with van der Waals surface area (Å²) in [5, 5.41) is 2.60. The Labute approximate surface area is 194 Å². The largest absolute Gasteiger partial charge is 0.493 e. The molecule has 0 radical (unpaired) electrons. The van der Waals surface area contributed by atoms with Gasteiger partial charge in [0.2, 0.25) is 10.0 Å². The molecule has 8 nitrogen and oxygen atoms in total. The van der Waals surface area contributed by atoms with Crippen molar-refractivity contribution < 1.29 is 27.5 Å². The van der Waals surface area contributed by atoms with E-state index in [1.807, 2.05) is 31.2 Å². The van der Waals surface area contributed by atoms with Crippen LogP contribution in [0.2, 0.25) is 0 Å². The lowest BCUT2D eigenvalue weighted by molar-refractivity contribution is -0.147. The summed E-state index contributed by atoms with van der Waals surface area (Å²) in [5.74, 6) is -0.415. The van der Waals surface area contributed by atoms with Crippen LogP contribution in [0.5, 0.6) is 5.75 Å². The summed E-state index contributed by atoms with van der Waals surface area (Å²) in [5.41, 5.74) is 1.91. The predicted octanol–water partition coefficient (Wildman–Crippen LogP) is 3.43. The molecule has 1 aliphatic heterocycles. The average molecular weight is 475 g/mol. The lowest BCUT2D eigenvalue weighted by Crippen LogP contribution is -2.36. The van der Waals surface area contributed by atoms with Crippen LogP contribution in [0.1, 0.15) is 36.8 Å². The van der Waals surface area contributed by atoms with Gasteiger partial charge in [-0.1, -0.05) is 30.7 Å². The second-order valence-corrected chi connectivity index (χ2v) is 9.92. The number of nitrogens with zero attached hydrogens (tertiary/aromatic N) is 1. The van der Waals surface area contributed by atoms with Crippen LogP contribution < -0.4 is 10.1 Å². The molecule has 9 heteroatoms. The fourth-order valence-corrected chi connectivity index (χ4v) is 5.35. The maximum atomic E-state index is 13.0. The number of ether oxygens (including phenoxy) is 2. The highest BCUT2D eigenvalue weighted by atomic mass is 32.2. The van der Waals surface area contributed by atoms with Crippen molar-refractivity contribution in [3.8, 4) is 5.75 Å². The van der Waals surface area contributed by atoms with Gasteiger partial charge in [0.05, 0.1) is 17.9 Å². The second kappa shape index (κ2) is 11.3. The zero-order valence-corrected chi connectivity index (χ0v) is 19.8. The van der Waals surface area contributed by atoms with Gasteiger partial charge in [-0.15, -0.1) is 0 Å². The van der Waals surface area contributed by atoms with E-state index in [1.54, 1.807) is 19.1 Å². The Balaban J connectivity index is 1.50. The Kier molecular flexibility index (Phi) is 8.46. The number of piperidine rings is 1. The lowest BCUT2D eigenvalue weighted by atomic mass is 10.2. The number of carbonyl (C=O) groups is 2. The first kappa shape index (κ1) is 24.7.